The summed E-state index contributed by atoms with van der Waals surface area (Å²) in [7, 11) is 0. The molecule has 29 heavy (non-hydrogen) atoms. The van der Waals surface area contributed by atoms with E-state index < -0.39 is 11.6 Å². The number of aryl methyl sites for hydroxylation is 1. The van der Waals surface area contributed by atoms with Crippen molar-refractivity contribution in [1.82, 2.24) is 0 Å². The van der Waals surface area contributed by atoms with Crippen LogP contribution in [0.3, 0.4) is 0 Å². The van der Waals surface area contributed by atoms with Gasteiger partial charge in [0.15, 0.2) is 0 Å². The van der Waals surface area contributed by atoms with Gasteiger partial charge in [0.1, 0.15) is 17.3 Å². The lowest BCUT2D eigenvalue weighted by molar-refractivity contribution is 0.605. The maximum atomic E-state index is 14.3. The molecule has 0 N–H and O–H groups in total. The molecule has 3 rings (SSSR count). The van der Waals surface area contributed by atoms with Crippen molar-refractivity contribution in [3.8, 4) is 23.0 Å². The summed E-state index contributed by atoms with van der Waals surface area (Å²) in [6.45, 7) is 2.18. The second-order valence-corrected chi connectivity index (χ2v) is 6.80. The molecule has 0 radical (unpaired) electrons. The van der Waals surface area contributed by atoms with Gasteiger partial charge in [-0.3, -0.25) is 0 Å². The average Bonchev–Trinajstić information content (AvgIpc) is 2.74. The quantitative estimate of drug-likeness (QED) is 0.251. The van der Waals surface area contributed by atoms with E-state index in [9.17, 15) is 8.78 Å². The normalized spacial score (nSPS) is 10.0. The molecule has 0 amide bonds. The van der Waals surface area contributed by atoms with Crippen LogP contribution in [-0.2, 0) is 6.42 Å². The summed E-state index contributed by atoms with van der Waals surface area (Å²) in [5.74, 6) is 5.01. The zero-order valence-electron chi connectivity index (χ0n) is 16.0. The number of aliphatic imine (C=N–C) groups is 1. The molecule has 0 aliphatic carbocycles. The molecule has 4 heteroatoms. The van der Waals surface area contributed by atoms with Gasteiger partial charge in [0, 0.05) is 22.8 Å². The van der Waals surface area contributed by atoms with Crippen LogP contribution in [-0.4, -0.2) is 5.16 Å². The van der Waals surface area contributed by atoms with E-state index >= 15 is 0 Å². The first-order valence-corrected chi connectivity index (χ1v) is 9.80. The van der Waals surface area contributed by atoms with Crippen LogP contribution in [0.4, 0.5) is 14.5 Å². The minimum absolute atomic E-state index is 0.160. The summed E-state index contributed by atoms with van der Waals surface area (Å²) in [5.41, 5.74) is 3.62. The first-order chi connectivity index (χ1) is 14.1. The Balaban J connectivity index is 1.77. The Labute approximate surface area is 175 Å². The molecule has 0 atom stereocenters. The fraction of sp³-hybridized carbons (Fsp3) is 0.160. The van der Waals surface area contributed by atoms with Crippen molar-refractivity contribution in [2.24, 2.45) is 4.99 Å². The number of thiocarbonyl (C=S) groups is 1. The Morgan fingerprint density at radius 1 is 0.862 bits per heavy atom. The van der Waals surface area contributed by atoms with Crippen LogP contribution >= 0.6 is 12.2 Å². The number of nitrogens with zero attached hydrogens (tertiary/aromatic N) is 1. The Morgan fingerprint density at radius 3 is 2.07 bits per heavy atom. The van der Waals surface area contributed by atoms with E-state index in [1.54, 1.807) is 24.3 Å². The molecule has 0 saturated carbocycles. The van der Waals surface area contributed by atoms with Crippen LogP contribution in [0.1, 0.15) is 36.5 Å². The summed E-state index contributed by atoms with van der Waals surface area (Å²) >= 11 is 4.44. The molecule has 0 spiro atoms. The minimum atomic E-state index is -0.648. The molecule has 1 nitrogen and oxygen atoms in total. The molecule has 0 fully saturated rings. The van der Waals surface area contributed by atoms with Gasteiger partial charge in [-0.1, -0.05) is 49.5 Å². The van der Waals surface area contributed by atoms with Crippen molar-refractivity contribution in [3.63, 3.8) is 0 Å². The number of unbranched alkanes of at least 4 members (excludes halogenated alkanes) is 1. The number of halogens is 2. The largest absolute Gasteiger partial charge is 0.206 e. The maximum absolute atomic E-state index is 14.3. The first-order valence-electron chi connectivity index (χ1n) is 9.39. The standard InChI is InChI=1S/C25H19F2NS/c1-2-3-4-18-5-7-19(8-6-18)9-10-20-11-13-21(14-12-20)22-15-24(27)25(28-17-29)16-23(22)26/h5-8,11-16H,2-4H2,1H3. The lowest BCUT2D eigenvalue weighted by atomic mass is 10.0. The van der Waals surface area contributed by atoms with Crippen molar-refractivity contribution in [2.45, 2.75) is 26.2 Å². The molecule has 0 heterocycles. The van der Waals surface area contributed by atoms with Gasteiger partial charge >= 0.3 is 0 Å². The third-order valence-corrected chi connectivity index (χ3v) is 4.61. The lowest BCUT2D eigenvalue weighted by Crippen LogP contribution is -1.88. The van der Waals surface area contributed by atoms with Crippen LogP contribution in [0.5, 0.6) is 0 Å². The molecule has 0 aliphatic rings. The van der Waals surface area contributed by atoms with Crippen molar-refractivity contribution in [2.75, 3.05) is 0 Å². The predicted molar refractivity (Wildman–Crippen MR) is 118 cm³/mol. The van der Waals surface area contributed by atoms with Crippen molar-refractivity contribution in [1.29, 1.82) is 0 Å². The van der Waals surface area contributed by atoms with E-state index in [1.165, 1.54) is 18.4 Å². The van der Waals surface area contributed by atoms with E-state index in [0.717, 1.165) is 29.7 Å². The fourth-order valence-electron chi connectivity index (χ4n) is 2.91. The van der Waals surface area contributed by atoms with Crippen molar-refractivity contribution >= 4 is 23.1 Å². The third-order valence-electron chi connectivity index (χ3n) is 4.52. The smallest absolute Gasteiger partial charge is 0.150 e. The first kappa shape index (κ1) is 20.6. The van der Waals surface area contributed by atoms with E-state index in [-0.39, 0.29) is 11.3 Å². The second-order valence-electron chi connectivity index (χ2n) is 6.61. The lowest BCUT2D eigenvalue weighted by Gasteiger charge is -2.05. The molecule has 3 aromatic rings. The zero-order valence-corrected chi connectivity index (χ0v) is 16.8. The van der Waals surface area contributed by atoms with Gasteiger partial charge in [0.05, 0.1) is 5.16 Å². The summed E-state index contributed by atoms with van der Waals surface area (Å²) in [6, 6.07) is 17.4. The van der Waals surface area contributed by atoms with Gasteiger partial charge in [-0.05, 0) is 66.5 Å². The topological polar surface area (TPSA) is 12.4 Å². The Bertz CT molecular complexity index is 1100. The summed E-state index contributed by atoms with van der Waals surface area (Å²) in [6.07, 6.45) is 3.45. The molecule has 144 valence electrons. The van der Waals surface area contributed by atoms with Crippen LogP contribution in [0, 0.1) is 23.5 Å². The Kier molecular flexibility index (Phi) is 7.03. The Morgan fingerprint density at radius 2 is 1.48 bits per heavy atom. The molecule has 0 aliphatic heterocycles. The number of hydrogen-bond donors (Lipinski definition) is 0. The van der Waals surface area contributed by atoms with Gasteiger partial charge in [-0.2, -0.15) is 4.99 Å². The molecule has 0 aromatic heterocycles. The molecule has 3 aromatic carbocycles. The summed E-state index contributed by atoms with van der Waals surface area (Å²) in [5, 5.41) is 2.04. The monoisotopic (exact) mass is 403 g/mol. The van der Waals surface area contributed by atoms with E-state index in [2.05, 4.69) is 48.1 Å². The van der Waals surface area contributed by atoms with Crippen LogP contribution in [0.2, 0.25) is 0 Å². The van der Waals surface area contributed by atoms with Crippen LogP contribution < -0.4 is 0 Å². The maximum Gasteiger partial charge on any atom is 0.150 e. The SMILES string of the molecule is CCCCc1ccc(C#Cc2ccc(-c3cc(F)c(N=C=S)cc3F)cc2)cc1. The third kappa shape index (κ3) is 5.45. The number of benzene rings is 3. The fourth-order valence-corrected chi connectivity index (χ4v) is 3.00. The predicted octanol–water partition coefficient (Wildman–Crippen LogP) is 7.11. The Hall–Kier alpha value is -3.12. The highest BCUT2D eigenvalue weighted by atomic mass is 32.1. The number of rotatable bonds is 5. The highest BCUT2D eigenvalue weighted by molar-refractivity contribution is 7.78. The van der Waals surface area contributed by atoms with Gasteiger partial charge in [-0.25, -0.2) is 8.78 Å². The van der Waals surface area contributed by atoms with Gasteiger partial charge in [0.2, 0.25) is 0 Å². The molecule has 0 bridgehead atoms. The van der Waals surface area contributed by atoms with Crippen molar-refractivity contribution in [3.05, 3.63) is 89.0 Å². The van der Waals surface area contributed by atoms with Crippen LogP contribution in [0.15, 0.2) is 65.7 Å². The summed E-state index contributed by atoms with van der Waals surface area (Å²) in [4.78, 5) is 3.52. The summed E-state index contributed by atoms with van der Waals surface area (Å²) < 4.78 is 28.3. The van der Waals surface area contributed by atoms with Gasteiger partial charge < -0.3 is 0 Å². The van der Waals surface area contributed by atoms with Gasteiger partial charge in [0.25, 0.3) is 0 Å². The van der Waals surface area contributed by atoms with E-state index in [1.807, 2.05) is 17.3 Å². The van der Waals surface area contributed by atoms with Gasteiger partial charge in [-0.15, -0.1) is 0 Å². The zero-order chi connectivity index (χ0) is 20.6. The second kappa shape index (κ2) is 9.89. The molecule has 0 unspecified atom stereocenters. The minimum Gasteiger partial charge on any atom is -0.206 e. The van der Waals surface area contributed by atoms with E-state index in [0.29, 0.717) is 5.56 Å². The molecular weight excluding hydrogens is 384 g/mol. The number of isothiocyanates is 1. The highest BCUT2D eigenvalue weighted by Gasteiger charge is 2.11. The molecular formula is C25H19F2NS. The average molecular weight is 403 g/mol. The van der Waals surface area contributed by atoms with E-state index in [4.69, 9.17) is 0 Å². The van der Waals surface area contributed by atoms with Crippen molar-refractivity contribution < 1.29 is 8.78 Å². The highest BCUT2D eigenvalue weighted by Crippen LogP contribution is 2.29. The molecule has 0 saturated heterocycles. The number of hydrogen-bond acceptors (Lipinski definition) is 2. The van der Waals surface area contributed by atoms with Crippen LogP contribution in [0.25, 0.3) is 11.1 Å².